The Morgan fingerprint density at radius 2 is 1.59 bits per heavy atom. The number of non-ortho nitro benzene ring substituents is 1. The number of nitrogens with zero attached hydrogens (tertiary/aromatic N) is 5. The molecule has 1 aromatic rings. The van der Waals surface area contributed by atoms with E-state index in [1.54, 1.807) is 12.1 Å². The number of rotatable bonds is 5. The van der Waals surface area contributed by atoms with Crippen molar-refractivity contribution in [2.45, 2.75) is 0 Å². The van der Waals surface area contributed by atoms with Crippen molar-refractivity contribution < 1.29 is 14.1 Å². The van der Waals surface area contributed by atoms with E-state index in [1.807, 2.05) is 0 Å². The predicted molar refractivity (Wildman–Crippen MR) is 78.4 cm³/mol. The second kappa shape index (κ2) is 5.17. The lowest BCUT2D eigenvalue weighted by Gasteiger charge is -2.60. The molecule has 4 aliphatic heterocycles. The largest absolute Gasteiger partial charge is 0.488 e. The summed E-state index contributed by atoms with van der Waals surface area (Å²) in [5.41, 5.74) is 0.0950. The number of hydrogen-bond acceptors (Lipinski definition) is 6. The molecule has 22 heavy (non-hydrogen) atoms. The first-order chi connectivity index (χ1) is 10.6. The molecule has 0 aliphatic carbocycles. The molecule has 8 nitrogen and oxygen atoms in total. The first-order valence-electron chi connectivity index (χ1n) is 7.51. The van der Waals surface area contributed by atoms with Gasteiger partial charge in [-0.2, -0.15) is 0 Å². The van der Waals surface area contributed by atoms with Crippen molar-refractivity contribution in [3.8, 4) is 5.75 Å². The highest BCUT2D eigenvalue weighted by Gasteiger charge is 2.48. The van der Waals surface area contributed by atoms with Crippen molar-refractivity contribution >= 4 is 5.69 Å². The minimum atomic E-state index is -0.395. The molecular formula is C14H20N5O3+. The fourth-order valence-corrected chi connectivity index (χ4v) is 3.89. The van der Waals surface area contributed by atoms with Gasteiger partial charge in [-0.3, -0.25) is 14.6 Å². The smallest absolute Gasteiger partial charge is 0.269 e. The zero-order valence-corrected chi connectivity index (χ0v) is 12.4. The van der Waals surface area contributed by atoms with Gasteiger partial charge in [-0.25, -0.2) is 14.7 Å². The summed E-state index contributed by atoms with van der Waals surface area (Å²) in [4.78, 5) is 17.7. The van der Waals surface area contributed by atoms with E-state index in [1.165, 1.54) is 12.1 Å². The summed E-state index contributed by atoms with van der Waals surface area (Å²) in [6, 6.07) is 6.30. The summed E-state index contributed by atoms with van der Waals surface area (Å²) in [5, 5.41) is 10.6. The number of ether oxygens (including phenoxy) is 1. The van der Waals surface area contributed by atoms with Crippen LogP contribution in [0.25, 0.3) is 0 Å². The van der Waals surface area contributed by atoms with Crippen LogP contribution < -0.4 is 4.74 Å². The Hall–Kier alpha value is -1.74. The van der Waals surface area contributed by atoms with E-state index in [4.69, 9.17) is 4.74 Å². The summed E-state index contributed by atoms with van der Waals surface area (Å²) in [5.74, 6) is 0.695. The van der Waals surface area contributed by atoms with Crippen molar-refractivity contribution in [2.24, 2.45) is 0 Å². The summed E-state index contributed by atoms with van der Waals surface area (Å²) in [6.07, 6.45) is 0. The molecule has 0 amide bonds. The van der Waals surface area contributed by atoms with Gasteiger partial charge in [-0.05, 0) is 12.1 Å². The highest BCUT2D eigenvalue weighted by molar-refractivity contribution is 5.35. The van der Waals surface area contributed by atoms with Crippen molar-refractivity contribution in [3.63, 3.8) is 0 Å². The van der Waals surface area contributed by atoms with E-state index in [2.05, 4.69) is 14.7 Å². The van der Waals surface area contributed by atoms with Gasteiger partial charge >= 0.3 is 0 Å². The number of quaternary nitrogens is 1. The SMILES string of the molecule is O=[N+]([O-])c1ccc(OCC[N+]23CN4CN(CN(C4)C2)C3)cc1. The van der Waals surface area contributed by atoms with Crippen LogP contribution in [0.5, 0.6) is 5.75 Å². The molecular weight excluding hydrogens is 286 g/mol. The van der Waals surface area contributed by atoms with Gasteiger partial charge in [0.25, 0.3) is 5.69 Å². The molecule has 5 rings (SSSR count). The Kier molecular flexibility index (Phi) is 3.26. The molecule has 4 bridgehead atoms. The van der Waals surface area contributed by atoms with Crippen LogP contribution in [-0.2, 0) is 0 Å². The Balaban J connectivity index is 1.34. The molecule has 0 atom stereocenters. The number of hydrogen-bond donors (Lipinski definition) is 0. The third kappa shape index (κ3) is 2.54. The first kappa shape index (κ1) is 13.9. The lowest BCUT2D eigenvalue weighted by Crippen LogP contribution is -2.79. The van der Waals surface area contributed by atoms with Gasteiger partial charge in [-0.1, -0.05) is 0 Å². The molecule has 0 N–H and O–H groups in total. The molecule has 0 saturated carbocycles. The maximum Gasteiger partial charge on any atom is 0.269 e. The van der Waals surface area contributed by atoms with Gasteiger partial charge in [0.2, 0.25) is 0 Å². The molecule has 4 fully saturated rings. The van der Waals surface area contributed by atoms with Crippen LogP contribution in [-0.4, -0.2) is 77.3 Å². The molecule has 0 unspecified atom stereocenters. The van der Waals surface area contributed by atoms with Crippen molar-refractivity contribution in [1.82, 2.24) is 14.7 Å². The first-order valence-corrected chi connectivity index (χ1v) is 7.51. The lowest BCUT2D eigenvalue weighted by atomic mass is 10.3. The summed E-state index contributed by atoms with van der Waals surface area (Å²) < 4.78 is 6.82. The number of nitro groups is 1. The quantitative estimate of drug-likeness (QED) is 0.448. The highest BCUT2D eigenvalue weighted by Crippen LogP contribution is 2.28. The summed E-state index contributed by atoms with van der Waals surface area (Å²) in [7, 11) is 0. The van der Waals surface area contributed by atoms with Gasteiger partial charge in [0.05, 0.1) is 24.9 Å². The molecule has 118 valence electrons. The molecule has 4 aliphatic rings. The zero-order valence-electron chi connectivity index (χ0n) is 12.4. The van der Waals surface area contributed by atoms with E-state index in [0.717, 1.165) is 51.0 Å². The average Bonchev–Trinajstić information content (AvgIpc) is 2.46. The zero-order chi connectivity index (χ0) is 15.2. The second-order valence-electron chi connectivity index (χ2n) is 6.53. The van der Waals surface area contributed by atoms with Gasteiger partial charge in [0, 0.05) is 12.1 Å². The summed E-state index contributed by atoms with van der Waals surface area (Å²) >= 11 is 0. The standard InChI is InChI=1S/C14H20N5O3/c20-18(21)13-1-3-14(4-2-13)22-6-5-19-10-15-7-16(11-19)9-17(8-15)12-19/h1-4H,5-12H2/q+1. The van der Waals surface area contributed by atoms with E-state index < -0.39 is 4.92 Å². The van der Waals surface area contributed by atoms with Gasteiger partial charge in [-0.15, -0.1) is 0 Å². The predicted octanol–water partition coefficient (Wildman–Crippen LogP) is 0.482. The van der Waals surface area contributed by atoms with E-state index in [-0.39, 0.29) is 5.69 Å². The highest BCUT2D eigenvalue weighted by atomic mass is 16.6. The van der Waals surface area contributed by atoms with E-state index in [0.29, 0.717) is 12.4 Å². The Bertz CT molecular complexity index is 541. The Morgan fingerprint density at radius 1 is 1.05 bits per heavy atom. The molecule has 0 aromatic heterocycles. The third-order valence-electron chi connectivity index (χ3n) is 4.58. The fraction of sp³-hybridized carbons (Fsp3) is 0.571. The van der Waals surface area contributed by atoms with Crippen LogP contribution in [0.4, 0.5) is 5.69 Å². The summed E-state index contributed by atoms with van der Waals surface area (Å²) in [6.45, 7) is 8.12. The molecule has 1 aromatic carbocycles. The third-order valence-corrected chi connectivity index (χ3v) is 4.58. The van der Waals surface area contributed by atoms with Gasteiger partial charge in [0.15, 0.2) is 0 Å². The van der Waals surface area contributed by atoms with Crippen LogP contribution in [0.1, 0.15) is 0 Å². The van der Waals surface area contributed by atoms with Crippen LogP contribution in [0.3, 0.4) is 0 Å². The van der Waals surface area contributed by atoms with Gasteiger partial charge < -0.3 is 4.74 Å². The number of nitro benzene ring substituents is 1. The lowest BCUT2D eigenvalue weighted by molar-refractivity contribution is -0.980. The molecule has 0 spiro atoms. The van der Waals surface area contributed by atoms with Crippen LogP contribution in [0, 0.1) is 10.1 Å². The van der Waals surface area contributed by atoms with Crippen molar-refractivity contribution in [1.29, 1.82) is 0 Å². The second-order valence-corrected chi connectivity index (χ2v) is 6.53. The Labute approximate surface area is 128 Å². The van der Waals surface area contributed by atoms with E-state index >= 15 is 0 Å². The van der Waals surface area contributed by atoms with Crippen LogP contribution >= 0.6 is 0 Å². The number of benzene rings is 1. The maximum absolute atomic E-state index is 10.6. The molecule has 4 heterocycles. The van der Waals surface area contributed by atoms with Crippen LogP contribution in [0.2, 0.25) is 0 Å². The maximum atomic E-state index is 10.6. The Morgan fingerprint density at radius 3 is 2.09 bits per heavy atom. The van der Waals surface area contributed by atoms with Crippen molar-refractivity contribution in [2.75, 3.05) is 53.2 Å². The normalized spacial score (nSPS) is 35.5. The van der Waals surface area contributed by atoms with Crippen LogP contribution in [0.15, 0.2) is 24.3 Å². The minimum Gasteiger partial charge on any atom is -0.488 e. The minimum absolute atomic E-state index is 0.0950. The topological polar surface area (TPSA) is 62.1 Å². The fourth-order valence-electron chi connectivity index (χ4n) is 3.89. The monoisotopic (exact) mass is 306 g/mol. The average molecular weight is 306 g/mol. The van der Waals surface area contributed by atoms with Gasteiger partial charge in [0.1, 0.15) is 38.9 Å². The molecule has 8 heteroatoms. The molecule has 0 radical (unpaired) electrons. The van der Waals surface area contributed by atoms with Crippen molar-refractivity contribution in [3.05, 3.63) is 34.4 Å². The molecule has 4 saturated heterocycles. The van der Waals surface area contributed by atoms with E-state index in [9.17, 15) is 10.1 Å².